The van der Waals surface area contributed by atoms with Gasteiger partial charge in [-0.05, 0) is 44.4 Å². The lowest BCUT2D eigenvalue weighted by Gasteiger charge is -2.38. The first-order chi connectivity index (χ1) is 11.0. The molecule has 1 aromatic carbocycles. The van der Waals surface area contributed by atoms with Crippen LogP contribution in [-0.4, -0.2) is 41.9 Å². The van der Waals surface area contributed by atoms with E-state index in [2.05, 4.69) is 31.4 Å². The molecule has 1 saturated carbocycles. The molecule has 2 aliphatic rings. The van der Waals surface area contributed by atoms with Crippen LogP contribution in [0.25, 0.3) is 0 Å². The molecule has 2 fully saturated rings. The third kappa shape index (κ3) is 3.90. The van der Waals surface area contributed by atoms with E-state index in [9.17, 15) is 9.59 Å². The van der Waals surface area contributed by atoms with E-state index in [0.717, 1.165) is 13.0 Å². The summed E-state index contributed by atoms with van der Waals surface area (Å²) in [5.41, 5.74) is 1.34. The maximum Gasteiger partial charge on any atom is 0.254 e. The van der Waals surface area contributed by atoms with E-state index in [1.807, 2.05) is 23.1 Å². The summed E-state index contributed by atoms with van der Waals surface area (Å²) in [5.74, 6) is 0.694. The molecule has 1 heterocycles. The van der Waals surface area contributed by atoms with Crippen LogP contribution in [0.5, 0.6) is 0 Å². The summed E-state index contributed by atoms with van der Waals surface area (Å²) in [6, 6.07) is 7.71. The van der Waals surface area contributed by atoms with Gasteiger partial charge in [0.1, 0.15) is 0 Å². The minimum absolute atomic E-state index is 0. The molecule has 0 radical (unpaired) electrons. The molecule has 5 nitrogen and oxygen atoms in total. The van der Waals surface area contributed by atoms with Gasteiger partial charge in [-0.2, -0.15) is 0 Å². The van der Waals surface area contributed by atoms with Crippen molar-refractivity contribution in [3.05, 3.63) is 29.8 Å². The van der Waals surface area contributed by atoms with Gasteiger partial charge in [-0.25, -0.2) is 0 Å². The highest BCUT2D eigenvalue weighted by atomic mass is 35.5. The fraction of sp³-hybridized carbons (Fsp3) is 0.556. The van der Waals surface area contributed by atoms with Crippen LogP contribution in [0.2, 0.25) is 0 Å². The van der Waals surface area contributed by atoms with Crippen LogP contribution in [0.15, 0.2) is 24.3 Å². The van der Waals surface area contributed by atoms with Crippen molar-refractivity contribution in [1.82, 2.24) is 10.2 Å². The molecule has 1 saturated heterocycles. The van der Waals surface area contributed by atoms with Crippen molar-refractivity contribution in [3.63, 3.8) is 0 Å². The number of nitrogens with zero attached hydrogens (tertiary/aromatic N) is 1. The Morgan fingerprint density at radius 3 is 2.62 bits per heavy atom. The Bertz CT molecular complexity index is 622. The van der Waals surface area contributed by atoms with Gasteiger partial charge < -0.3 is 15.5 Å². The van der Waals surface area contributed by atoms with Crippen molar-refractivity contribution in [2.24, 2.45) is 11.8 Å². The van der Waals surface area contributed by atoms with Crippen LogP contribution < -0.4 is 10.6 Å². The molecule has 132 valence electrons. The number of carbonyl (C=O) groups excluding carboxylic acids is 2. The van der Waals surface area contributed by atoms with Gasteiger partial charge in [0.15, 0.2) is 0 Å². The van der Waals surface area contributed by atoms with Crippen molar-refractivity contribution in [3.8, 4) is 0 Å². The summed E-state index contributed by atoms with van der Waals surface area (Å²) in [6.07, 6.45) is 0.959. The normalized spacial score (nSPS) is 28.7. The molecule has 0 bridgehead atoms. The maximum atomic E-state index is 12.8. The van der Waals surface area contributed by atoms with E-state index in [0.29, 0.717) is 23.7 Å². The summed E-state index contributed by atoms with van der Waals surface area (Å²) in [7, 11) is 0. The predicted octanol–water partition coefficient (Wildman–Crippen LogP) is 2.53. The Balaban J connectivity index is 0.00000208. The second-order valence-corrected chi connectivity index (χ2v) is 6.87. The Morgan fingerprint density at radius 1 is 1.25 bits per heavy atom. The second kappa shape index (κ2) is 7.53. The first kappa shape index (κ1) is 18.7. The zero-order valence-corrected chi connectivity index (χ0v) is 15.2. The molecule has 4 atom stereocenters. The summed E-state index contributed by atoms with van der Waals surface area (Å²) in [5, 5.41) is 6.31. The number of anilines is 1. The van der Waals surface area contributed by atoms with Gasteiger partial charge in [0, 0.05) is 42.3 Å². The Hall–Kier alpha value is -1.59. The zero-order valence-electron chi connectivity index (χ0n) is 14.4. The number of piperazine rings is 1. The lowest BCUT2D eigenvalue weighted by atomic mass is 10.0. The number of amides is 2. The standard InChI is InChI=1S/C18H25N3O2.ClH/c1-11-9-16(11)17(22)20-15-6-4-5-14(10-15)18(23)21-8-7-19-12(2)13(21)3;/h4-6,10-13,16,19H,7-9H2,1-3H3,(H,20,22);1H. The van der Waals surface area contributed by atoms with Gasteiger partial charge in [-0.1, -0.05) is 13.0 Å². The highest BCUT2D eigenvalue weighted by molar-refractivity contribution is 5.98. The van der Waals surface area contributed by atoms with Crippen LogP contribution in [0.4, 0.5) is 5.69 Å². The number of hydrogen-bond acceptors (Lipinski definition) is 3. The molecule has 0 aromatic heterocycles. The molecule has 24 heavy (non-hydrogen) atoms. The van der Waals surface area contributed by atoms with Crippen LogP contribution in [-0.2, 0) is 4.79 Å². The summed E-state index contributed by atoms with van der Waals surface area (Å²) in [6.45, 7) is 7.76. The van der Waals surface area contributed by atoms with Crippen LogP contribution in [0.1, 0.15) is 37.6 Å². The highest BCUT2D eigenvalue weighted by Gasteiger charge is 2.39. The van der Waals surface area contributed by atoms with Gasteiger partial charge in [-0.3, -0.25) is 9.59 Å². The minimum atomic E-state index is 0. The monoisotopic (exact) mass is 351 g/mol. The third-order valence-corrected chi connectivity index (χ3v) is 5.12. The molecule has 4 unspecified atom stereocenters. The van der Waals surface area contributed by atoms with Crippen molar-refractivity contribution in [2.45, 2.75) is 39.3 Å². The maximum absolute atomic E-state index is 12.8. The number of halogens is 1. The topological polar surface area (TPSA) is 61.4 Å². The van der Waals surface area contributed by atoms with E-state index >= 15 is 0 Å². The number of rotatable bonds is 3. The molecule has 1 aliphatic heterocycles. The van der Waals surface area contributed by atoms with Gasteiger partial charge in [0.25, 0.3) is 5.91 Å². The number of nitrogens with one attached hydrogen (secondary N) is 2. The lowest BCUT2D eigenvalue weighted by Crippen LogP contribution is -2.57. The molecular formula is C18H26ClN3O2. The zero-order chi connectivity index (χ0) is 16.6. The highest BCUT2D eigenvalue weighted by Crippen LogP contribution is 2.38. The molecule has 2 amide bonds. The molecule has 2 N–H and O–H groups in total. The molecule has 3 rings (SSSR count). The van der Waals surface area contributed by atoms with E-state index in [1.54, 1.807) is 6.07 Å². The Morgan fingerprint density at radius 2 is 1.96 bits per heavy atom. The van der Waals surface area contributed by atoms with Crippen molar-refractivity contribution < 1.29 is 9.59 Å². The lowest BCUT2D eigenvalue weighted by molar-refractivity contribution is -0.117. The van der Waals surface area contributed by atoms with Crippen LogP contribution >= 0.6 is 12.4 Å². The van der Waals surface area contributed by atoms with Gasteiger partial charge in [-0.15, -0.1) is 12.4 Å². The SMILES string of the molecule is CC1CC1C(=O)Nc1cccc(C(=O)N2CCNC(C)C2C)c1.Cl. The molecule has 6 heteroatoms. The molecule has 0 spiro atoms. The second-order valence-electron chi connectivity index (χ2n) is 6.87. The summed E-state index contributed by atoms with van der Waals surface area (Å²) >= 11 is 0. The Labute approximate surface area is 149 Å². The van der Waals surface area contributed by atoms with Crippen LogP contribution in [0, 0.1) is 11.8 Å². The predicted molar refractivity (Wildman–Crippen MR) is 97.6 cm³/mol. The fourth-order valence-corrected chi connectivity index (χ4v) is 3.16. The van der Waals surface area contributed by atoms with Gasteiger partial charge >= 0.3 is 0 Å². The van der Waals surface area contributed by atoms with E-state index in [1.165, 1.54) is 0 Å². The smallest absolute Gasteiger partial charge is 0.254 e. The number of carbonyl (C=O) groups is 2. The number of benzene rings is 1. The van der Waals surface area contributed by atoms with Crippen molar-refractivity contribution >= 4 is 29.9 Å². The Kier molecular flexibility index (Phi) is 5.88. The van der Waals surface area contributed by atoms with Crippen LogP contribution in [0.3, 0.4) is 0 Å². The first-order valence-electron chi connectivity index (χ1n) is 8.42. The average Bonchev–Trinajstić information content (AvgIpc) is 3.27. The third-order valence-electron chi connectivity index (χ3n) is 5.12. The number of hydrogen-bond donors (Lipinski definition) is 2. The quantitative estimate of drug-likeness (QED) is 0.879. The summed E-state index contributed by atoms with van der Waals surface area (Å²) in [4.78, 5) is 26.7. The fourth-order valence-electron chi connectivity index (χ4n) is 3.16. The van der Waals surface area contributed by atoms with E-state index in [4.69, 9.17) is 0 Å². The van der Waals surface area contributed by atoms with E-state index in [-0.39, 0.29) is 42.2 Å². The largest absolute Gasteiger partial charge is 0.333 e. The first-order valence-corrected chi connectivity index (χ1v) is 8.42. The molecule has 1 aromatic rings. The minimum Gasteiger partial charge on any atom is -0.333 e. The van der Waals surface area contributed by atoms with E-state index < -0.39 is 0 Å². The van der Waals surface area contributed by atoms with Gasteiger partial charge in [0.05, 0.1) is 0 Å². The summed E-state index contributed by atoms with van der Waals surface area (Å²) < 4.78 is 0. The molecular weight excluding hydrogens is 326 g/mol. The van der Waals surface area contributed by atoms with Crippen molar-refractivity contribution in [1.29, 1.82) is 0 Å². The van der Waals surface area contributed by atoms with Gasteiger partial charge in [0.2, 0.25) is 5.91 Å². The average molecular weight is 352 g/mol. The molecule has 1 aliphatic carbocycles. The van der Waals surface area contributed by atoms with Crippen molar-refractivity contribution in [2.75, 3.05) is 18.4 Å².